The average molecular weight is 146 g/mol. The summed E-state index contributed by atoms with van der Waals surface area (Å²) in [6, 6.07) is 0. The van der Waals surface area contributed by atoms with E-state index in [0.29, 0.717) is 0 Å². The van der Waals surface area contributed by atoms with Crippen LogP contribution in [0.1, 0.15) is 0 Å². The summed E-state index contributed by atoms with van der Waals surface area (Å²) in [5.74, 6) is 0. The van der Waals surface area contributed by atoms with Crippen molar-refractivity contribution in [2.45, 2.75) is 6.10 Å². The topological polar surface area (TPSA) is 60.7 Å². The van der Waals surface area contributed by atoms with Gasteiger partial charge in [0.05, 0.1) is 0 Å². The summed E-state index contributed by atoms with van der Waals surface area (Å²) < 4.78 is -0.400. The molecule has 0 bridgehead atoms. The molecule has 0 aliphatic carbocycles. The van der Waals surface area contributed by atoms with Crippen LogP contribution in [-0.2, 0) is 15.6 Å². The monoisotopic (exact) mass is 146 g/mol. The van der Waals surface area contributed by atoms with E-state index in [9.17, 15) is 0 Å². The van der Waals surface area contributed by atoms with Gasteiger partial charge in [0.25, 0.3) is 0 Å². The van der Waals surface area contributed by atoms with E-state index in [4.69, 9.17) is 15.3 Å². The molecule has 0 fully saturated rings. The molecule has 44 valence electrons. The van der Waals surface area contributed by atoms with Gasteiger partial charge in [-0.1, -0.05) is 0 Å². The van der Waals surface area contributed by atoms with Crippen molar-refractivity contribution in [1.29, 1.82) is 0 Å². The second-order valence-corrected chi connectivity index (χ2v) is 1.57. The molecule has 0 amide bonds. The van der Waals surface area contributed by atoms with Crippen molar-refractivity contribution < 1.29 is 30.9 Å². The predicted octanol–water partition coefficient (Wildman–Crippen LogP) is -1.61. The maximum absolute atomic E-state index is 8.34. The molecule has 0 radical (unpaired) electrons. The maximum atomic E-state index is 8.34. The molecule has 4 heteroatoms. The summed E-state index contributed by atoms with van der Waals surface area (Å²) in [4.78, 5) is 0. The fourth-order valence-electron chi connectivity index (χ4n) is 0.0731. The van der Waals surface area contributed by atoms with Crippen molar-refractivity contribution in [2.75, 3.05) is 6.61 Å². The fraction of sp³-hybridized carbons (Fsp3) is 0.667. The van der Waals surface area contributed by atoms with Crippen molar-refractivity contribution in [3.63, 3.8) is 0 Å². The van der Waals surface area contributed by atoms with Crippen LogP contribution in [0.2, 0.25) is 0 Å². The van der Waals surface area contributed by atoms with Crippen molar-refractivity contribution in [3.05, 3.63) is 0 Å². The van der Waals surface area contributed by atoms with Gasteiger partial charge >= 0.3 is 48.2 Å². The Kier molecular flexibility index (Phi) is 3.42. The molecule has 0 aliphatic rings. The molecule has 0 rings (SSSR count). The third-order valence-electron chi connectivity index (χ3n) is 0.440. The van der Waals surface area contributed by atoms with Gasteiger partial charge in [-0.2, -0.15) is 0 Å². The standard InChI is InChI=1S/C3H6O3.Fe/c4-1-3(6)2-5;/h3-6H,1H2;. The van der Waals surface area contributed by atoms with Crippen LogP contribution < -0.4 is 0 Å². The van der Waals surface area contributed by atoms with Gasteiger partial charge in [0.1, 0.15) is 0 Å². The molecule has 0 heterocycles. The molecule has 1 atom stereocenters. The van der Waals surface area contributed by atoms with E-state index in [1.807, 2.05) is 0 Å². The third-order valence-corrected chi connectivity index (χ3v) is 0.808. The fourth-order valence-corrected chi connectivity index (χ4v) is 0.174. The molecule has 0 aliphatic heterocycles. The van der Waals surface area contributed by atoms with Crippen LogP contribution in [0, 0.1) is 0 Å². The van der Waals surface area contributed by atoms with Gasteiger partial charge in [0.2, 0.25) is 0 Å². The first-order valence-electron chi connectivity index (χ1n) is 1.67. The normalized spacial score (nSPS) is 13.7. The molecular weight excluding hydrogens is 140 g/mol. The molecule has 0 spiro atoms. The Hall–Kier alpha value is 0.269. The van der Waals surface area contributed by atoms with Crippen LogP contribution in [0.3, 0.4) is 0 Å². The Bertz CT molecular complexity index is 72.6. The summed E-state index contributed by atoms with van der Waals surface area (Å²) >= 11 is 2.97. The van der Waals surface area contributed by atoms with Crippen molar-refractivity contribution >= 4 is 4.60 Å². The molecule has 0 saturated carbocycles. The number of hydrogen-bond donors (Lipinski definition) is 3. The summed E-state index contributed by atoms with van der Waals surface area (Å²) in [7, 11) is 0. The number of hydrogen-bond acceptors (Lipinski definition) is 3. The summed E-state index contributed by atoms with van der Waals surface area (Å²) in [6.45, 7) is -0.477. The molecule has 0 saturated heterocycles. The zero-order valence-corrected chi connectivity index (χ0v) is 4.58. The SMILES string of the molecule is OCC(O)[C](O)=[Fe]. The minimum atomic E-state index is -1.18. The molecule has 7 heavy (non-hydrogen) atoms. The van der Waals surface area contributed by atoms with E-state index in [1.165, 1.54) is 0 Å². The van der Waals surface area contributed by atoms with Gasteiger partial charge in [-0.05, 0) is 0 Å². The Balaban J connectivity index is 3.34. The van der Waals surface area contributed by atoms with Crippen LogP contribution in [-0.4, -0.2) is 32.6 Å². The summed E-state index contributed by atoms with van der Waals surface area (Å²) in [6.07, 6.45) is -1.18. The quantitative estimate of drug-likeness (QED) is 0.410. The predicted molar refractivity (Wildman–Crippen MR) is 20.0 cm³/mol. The molecule has 0 aromatic heterocycles. The van der Waals surface area contributed by atoms with Crippen molar-refractivity contribution in [3.8, 4) is 0 Å². The van der Waals surface area contributed by atoms with Crippen LogP contribution in [0.5, 0.6) is 0 Å². The van der Waals surface area contributed by atoms with Gasteiger partial charge in [0, 0.05) is 0 Å². The van der Waals surface area contributed by atoms with Crippen LogP contribution >= 0.6 is 0 Å². The Morgan fingerprint density at radius 3 is 2.14 bits per heavy atom. The second-order valence-electron chi connectivity index (χ2n) is 1.01. The number of aliphatic hydroxyl groups excluding tert-OH is 3. The molecule has 3 nitrogen and oxygen atoms in total. The van der Waals surface area contributed by atoms with Gasteiger partial charge in [-0.15, -0.1) is 0 Å². The minimum absolute atomic E-state index is 0.400. The molecule has 3 N–H and O–H groups in total. The average Bonchev–Trinajstić information content (AvgIpc) is 1.65. The third kappa shape index (κ3) is 2.91. The Labute approximate surface area is 49.0 Å². The van der Waals surface area contributed by atoms with Gasteiger partial charge in [-0.3, -0.25) is 0 Å². The van der Waals surface area contributed by atoms with Crippen LogP contribution in [0.15, 0.2) is 0 Å². The van der Waals surface area contributed by atoms with Gasteiger partial charge < -0.3 is 0 Å². The Morgan fingerprint density at radius 1 is 1.71 bits per heavy atom. The van der Waals surface area contributed by atoms with E-state index in [2.05, 4.69) is 15.6 Å². The molecular formula is C3H6FeO3. The first kappa shape index (κ1) is 7.27. The first-order chi connectivity index (χ1) is 3.18. The first-order valence-corrected chi connectivity index (χ1v) is 2.22. The van der Waals surface area contributed by atoms with Crippen LogP contribution in [0.25, 0.3) is 0 Å². The summed E-state index contributed by atoms with van der Waals surface area (Å²) in [5, 5.41) is 24.6. The number of aliphatic hydroxyl groups is 3. The van der Waals surface area contributed by atoms with E-state index < -0.39 is 17.3 Å². The van der Waals surface area contributed by atoms with E-state index >= 15 is 0 Å². The van der Waals surface area contributed by atoms with E-state index in [1.54, 1.807) is 0 Å². The molecule has 1 unspecified atom stereocenters. The van der Waals surface area contributed by atoms with Gasteiger partial charge in [0.15, 0.2) is 0 Å². The van der Waals surface area contributed by atoms with Crippen LogP contribution in [0.4, 0.5) is 0 Å². The van der Waals surface area contributed by atoms with E-state index in [0.717, 1.165) is 0 Å². The number of rotatable bonds is 2. The van der Waals surface area contributed by atoms with Gasteiger partial charge in [-0.25, -0.2) is 0 Å². The molecule has 0 aromatic rings. The van der Waals surface area contributed by atoms with Crippen molar-refractivity contribution in [2.24, 2.45) is 0 Å². The second kappa shape index (κ2) is 3.29. The zero-order valence-electron chi connectivity index (χ0n) is 3.48. The summed E-state index contributed by atoms with van der Waals surface area (Å²) in [5.41, 5.74) is 0. The zero-order chi connectivity index (χ0) is 5.86. The van der Waals surface area contributed by atoms with E-state index in [-0.39, 0.29) is 0 Å². The molecule has 0 aromatic carbocycles. The van der Waals surface area contributed by atoms with Crippen molar-refractivity contribution in [1.82, 2.24) is 0 Å². The Morgan fingerprint density at radius 2 is 2.14 bits per heavy atom.